The molecule has 94 valence electrons. The van der Waals surface area contributed by atoms with E-state index in [0.717, 1.165) is 12.8 Å². The minimum Gasteiger partial charge on any atom is -0.440 e. The zero-order valence-electron chi connectivity index (χ0n) is 9.67. The predicted molar refractivity (Wildman–Crippen MR) is 63.5 cm³/mol. The Kier molecular flexibility index (Phi) is 2.71. The van der Waals surface area contributed by atoms with Crippen LogP contribution in [0.25, 0.3) is 11.1 Å². The Bertz CT molecular complexity index is 587. The van der Waals surface area contributed by atoms with Gasteiger partial charge in [-0.05, 0) is 18.9 Å². The molecule has 1 aromatic carbocycles. The summed E-state index contributed by atoms with van der Waals surface area (Å²) in [6.07, 6.45) is 1.77. The fraction of sp³-hybridized carbons (Fsp3) is 0.417. The monoisotopic (exact) mass is 248 g/mol. The zero-order chi connectivity index (χ0) is 12.5. The number of aromatic nitrogens is 1. The fourth-order valence-corrected chi connectivity index (χ4v) is 2.16. The van der Waals surface area contributed by atoms with Crippen molar-refractivity contribution in [3.8, 4) is 0 Å². The lowest BCUT2D eigenvalue weighted by Gasteiger charge is -2.18. The van der Waals surface area contributed by atoms with Gasteiger partial charge >= 0.3 is 0 Å². The van der Waals surface area contributed by atoms with Gasteiger partial charge in [0.05, 0.1) is 11.0 Å². The average Bonchev–Trinajstić information content (AvgIpc) is 2.82. The summed E-state index contributed by atoms with van der Waals surface area (Å²) in [5, 5.41) is 10.7. The SMILES string of the molecule is O=[N+]([O-])c1ccc2nc(C3CCOCC3)oc2c1. The number of nitro groups is 1. The average molecular weight is 248 g/mol. The number of hydrogen-bond acceptors (Lipinski definition) is 5. The molecule has 0 atom stereocenters. The molecule has 1 fully saturated rings. The Morgan fingerprint density at radius 1 is 1.33 bits per heavy atom. The Balaban J connectivity index is 1.97. The number of benzene rings is 1. The first-order chi connectivity index (χ1) is 8.74. The van der Waals surface area contributed by atoms with E-state index < -0.39 is 4.92 Å². The smallest absolute Gasteiger partial charge is 0.273 e. The molecule has 1 aliphatic heterocycles. The van der Waals surface area contributed by atoms with Crippen molar-refractivity contribution in [1.82, 2.24) is 4.98 Å². The van der Waals surface area contributed by atoms with Crippen molar-refractivity contribution in [3.63, 3.8) is 0 Å². The van der Waals surface area contributed by atoms with E-state index in [9.17, 15) is 10.1 Å². The maximum absolute atomic E-state index is 10.7. The summed E-state index contributed by atoms with van der Waals surface area (Å²) in [4.78, 5) is 14.6. The van der Waals surface area contributed by atoms with Crippen molar-refractivity contribution in [2.75, 3.05) is 13.2 Å². The van der Waals surface area contributed by atoms with Crippen LogP contribution in [0.15, 0.2) is 22.6 Å². The lowest BCUT2D eigenvalue weighted by Crippen LogP contribution is -2.14. The van der Waals surface area contributed by atoms with Crippen LogP contribution in [0.3, 0.4) is 0 Å². The Hall–Kier alpha value is -1.95. The topological polar surface area (TPSA) is 78.4 Å². The number of fused-ring (bicyclic) bond motifs is 1. The predicted octanol–water partition coefficient (Wildman–Crippen LogP) is 2.63. The molecule has 0 bridgehead atoms. The summed E-state index contributed by atoms with van der Waals surface area (Å²) in [5.41, 5.74) is 1.17. The number of nitro benzene ring substituents is 1. The minimum atomic E-state index is -0.434. The number of hydrogen-bond donors (Lipinski definition) is 0. The van der Waals surface area contributed by atoms with Gasteiger partial charge < -0.3 is 9.15 Å². The van der Waals surface area contributed by atoms with E-state index in [4.69, 9.17) is 9.15 Å². The van der Waals surface area contributed by atoms with Gasteiger partial charge in [0.15, 0.2) is 11.5 Å². The fourth-order valence-electron chi connectivity index (χ4n) is 2.16. The molecule has 18 heavy (non-hydrogen) atoms. The Labute approximate surface area is 103 Å². The summed E-state index contributed by atoms with van der Waals surface area (Å²) in [6.45, 7) is 1.42. The molecule has 1 aliphatic rings. The second-order valence-electron chi connectivity index (χ2n) is 4.35. The lowest BCUT2D eigenvalue weighted by molar-refractivity contribution is -0.384. The van der Waals surface area contributed by atoms with Gasteiger partial charge in [-0.2, -0.15) is 0 Å². The van der Waals surface area contributed by atoms with E-state index in [1.807, 2.05) is 0 Å². The third kappa shape index (κ3) is 1.95. The van der Waals surface area contributed by atoms with Crippen LogP contribution in [-0.4, -0.2) is 23.1 Å². The third-order valence-electron chi connectivity index (χ3n) is 3.17. The largest absolute Gasteiger partial charge is 0.440 e. The number of oxazole rings is 1. The van der Waals surface area contributed by atoms with Gasteiger partial charge in [-0.15, -0.1) is 0 Å². The van der Waals surface area contributed by atoms with Gasteiger partial charge in [-0.1, -0.05) is 0 Å². The first kappa shape index (κ1) is 11.2. The van der Waals surface area contributed by atoms with E-state index in [2.05, 4.69) is 4.98 Å². The van der Waals surface area contributed by atoms with Gasteiger partial charge in [-0.3, -0.25) is 10.1 Å². The Morgan fingerprint density at radius 2 is 2.11 bits per heavy atom. The van der Waals surface area contributed by atoms with Gasteiger partial charge in [0.25, 0.3) is 5.69 Å². The molecule has 0 aliphatic carbocycles. The van der Waals surface area contributed by atoms with Crippen molar-refractivity contribution < 1.29 is 14.1 Å². The highest BCUT2D eigenvalue weighted by Gasteiger charge is 2.22. The van der Waals surface area contributed by atoms with Crippen molar-refractivity contribution >= 4 is 16.8 Å². The van der Waals surface area contributed by atoms with Crippen LogP contribution < -0.4 is 0 Å². The molecule has 0 amide bonds. The molecule has 1 saturated heterocycles. The molecule has 0 saturated carbocycles. The first-order valence-corrected chi connectivity index (χ1v) is 5.86. The van der Waals surface area contributed by atoms with Crippen LogP contribution in [-0.2, 0) is 4.74 Å². The van der Waals surface area contributed by atoms with Gasteiger partial charge in [0, 0.05) is 25.2 Å². The van der Waals surface area contributed by atoms with Crippen molar-refractivity contribution in [1.29, 1.82) is 0 Å². The number of rotatable bonds is 2. The molecular formula is C12H12N2O4. The summed E-state index contributed by atoms with van der Waals surface area (Å²) >= 11 is 0. The second-order valence-corrected chi connectivity index (χ2v) is 4.35. The summed E-state index contributed by atoms with van der Waals surface area (Å²) < 4.78 is 10.9. The first-order valence-electron chi connectivity index (χ1n) is 5.86. The molecule has 2 aromatic rings. The van der Waals surface area contributed by atoms with Crippen LogP contribution >= 0.6 is 0 Å². The third-order valence-corrected chi connectivity index (χ3v) is 3.17. The highest BCUT2D eigenvalue weighted by atomic mass is 16.6. The number of ether oxygens (including phenoxy) is 1. The van der Waals surface area contributed by atoms with E-state index in [1.54, 1.807) is 6.07 Å². The summed E-state index contributed by atoms with van der Waals surface area (Å²) in [5.74, 6) is 0.916. The molecule has 2 heterocycles. The lowest BCUT2D eigenvalue weighted by atomic mass is 10.0. The van der Waals surface area contributed by atoms with Crippen LogP contribution in [0.1, 0.15) is 24.7 Å². The van der Waals surface area contributed by atoms with E-state index in [-0.39, 0.29) is 11.6 Å². The van der Waals surface area contributed by atoms with Crippen molar-refractivity contribution in [2.24, 2.45) is 0 Å². The summed E-state index contributed by atoms with van der Waals surface area (Å²) in [6, 6.07) is 4.49. The molecular weight excluding hydrogens is 236 g/mol. The molecule has 6 nitrogen and oxygen atoms in total. The molecule has 0 spiro atoms. The standard InChI is InChI=1S/C12H12N2O4/c15-14(16)9-1-2-10-11(7-9)18-12(13-10)8-3-5-17-6-4-8/h1-2,7-8H,3-6H2. The normalized spacial score (nSPS) is 17.1. The maximum Gasteiger partial charge on any atom is 0.273 e. The molecule has 3 rings (SSSR count). The van der Waals surface area contributed by atoms with Crippen LogP contribution in [0.2, 0.25) is 0 Å². The number of non-ortho nitro benzene ring substituents is 1. The molecule has 1 aromatic heterocycles. The van der Waals surface area contributed by atoms with E-state index in [0.29, 0.717) is 30.2 Å². The summed E-state index contributed by atoms with van der Waals surface area (Å²) in [7, 11) is 0. The van der Waals surface area contributed by atoms with Gasteiger partial charge in [-0.25, -0.2) is 4.98 Å². The molecule has 0 unspecified atom stereocenters. The van der Waals surface area contributed by atoms with Gasteiger partial charge in [0.2, 0.25) is 0 Å². The van der Waals surface area contributed by atoms with Crippen LogP contribution in [0.4, 0.5) is 5.69 Å². The number of nitrogens with zero attached hydrogens (tertiary/aromatic N) is 2. The van der Waals surface area contributed by atoms with E-state index in [1.165, 1.54) is 12.1 Å². The second kappa shape index (κ2) is 4.38. The van der Waals surface area contributed by atoms with Crippen molar-refractivity contribution in [2.45, 2.75) is 18.8 Å². The van der Waals surface area contributed by atoms with Crippen LogP contribution in [0, 0.1) is 10.1 Å². The quantitative estimate of drug-likeness (QED) is 0.603. The zero-order valence-corrected chi connectivity index (χ0v) is 9.67. The Morgan fingerprint density at radius 3 is 2.83 bits per heavy atom. The molecule has 0 radical (unpaired) electrons. The van der Waals surface area contributed by atoms with E-state index >= 15 is 0 Å². The minimum absolute atomic E-state index is 0.0252. The van der Waals surface area contributed by atoms with Crippen molar-refractivity contribution in [3.05, 3.63) is 34.2 Å². The molecule has 0 N–H and O–H groups in total. The van der Waals surface area contributed by atoms with Crippen LogP contribution in [0.5, 0.6) is 0 Å². The van der Waals surface area contributed by atoms with Gasteiger partial charge in [0.1, 0.15) is 5.52 Å². The maximum atomic E-state index is 10.7. The highest BCUT2D eigenvalue weighted by molar-refractivity contribution is 5.75. The molecule has 6 heteroatoms. The highest BCUT2D eigenvalue weighted by Crippen LogP contribution is 2.30.